The van der Waals surface area contributed by atoms with Crippen molar-refractivity contribution in [2.24, 2.45) is 0 Å². The second-order valence-corrected chi connectivity index (χ2v) is 4.27. The molecule has 1 nitrogen and oxygen atoms in total. The van der Waals surface area contributed by atoms with Gasteiger partial charge < -0.3 is 0 Å². The summed E-state index contributed by atoms with van der Waals surface area (Å²) in [6.07, 6.45) is 4.58. The molecule has 1 saturated heterocycles. The molecule has 0 radical (unpaired) electrons. The first-order valence-electron chi connectivity index (χ1n) is 5.78. The van der Waals surface area contributed by atoms with Gasteiger partial charge in [0.25, 0.3) is 0 Å². The van der Waals surface area contributed by atoms with Crippen molar-refractivity contribution in [1.29, 1.82) is 0 Å². The second-order valence-electron chi connectivity index (χ2n) is 4.27. The van der Waals surface area contributed by atoms with Crippen molar-refractivity contribution in [3.05, 3.63) is 48.6 Å². The number of hydrogen-bond donors (Lipinski definition) is 0. The summed E-state index contributed by atoms with van der Waals surface area (Å²) < 4.78 is 0. The van der Waals surface area contributed by atoms with Crippen molar-refractivity contribution in [1.82, 2.24) is 4.90 Å². The Morgan fingerprint density at radius 3 is 2.47 bits per heavy atom. The summed E-state index contributed by atoms with van der Waals surface area (Å²) in [5, 5.41) is 0. The molecule has 2 rings (SSSR count). The van der Waals surface area contributed by atoms with Crippen LogP contribution in [-0.2, 0) is 0 Å². The van der Waals surface area contributed by atoms with Crippen molar-refractivity contribution in [2.75, 3.05) is 19.6 Å². The molecular weight excluding hydrogens is 182 g/mol. The molecule has 0 aromatic heterocycles. The first-order valence-corrected chi connectivity index (χ1v) is 5.78. The minimum atomic E-state index is 0.771. The second kappa shape index (κ2) is 5.13. The zero-order chi connectivity index (χ0) is 10.5. The van der Waals surface area contributed by atoms with Gasteiger partial charge in [-0.15, -0.1) is 6.58 Å². The van der Waals surface area contributed by atoms with E-state index in [1.165, 1.54) is 31.5 Å². The molecular formula is C14H19N. The first kappa shape index (κ1) is 10.4. The third kappa shape index (κ3) is 2.69. The van der Waals surface area contributed by atoms with E-state index in [4.69, 9.17) is 0 Å². The largest absolute Gasteiger partial charge is 0.300 e. The minimum absolute atomic E-state index is 0.771. The fourth-order valence-electron chi connectivity index (χ4n) is 2.36. The Hall–Kier alpha value is -1.08. The molecule has 0 amide bonds. The summed E-state index contributed by atoms with van der Waals surface area (Å²) >= 11 is 0. The van der Waals surface area contributed by atoms with Crippen molar-refractivity contribution in [3.8, 4) is 0 Å². The highest BCUT2D eigenvalue weighted by molar-refractivity contribution is 5.20. The van der Waals surface area contributed by atoms with Gasteiger partial charge in [-0.2, -0.15) is 0 Å². The average Bonchev–Trinajstić information content (AvgIpc) is 2.32. The van der Waals surface area contributed by atoms with E-state index < -0.39 is 0 Å². The van der Waals surface area contributed by atoms with E-state index in [1.807, 2.05) is 6.08 Å². The van der Waals surface area contributed by atoms with Crippen LogP contribution in [0.2, 0.25) is 0 Å². The van der Waals surface area contributed by atoms with Gasteiger partial charge in [0.15, 0.2) is 0 Å². The van der Waals surface area contributed by atoms with E-state index in [-0.39, 0.29) is 0 Å². The van der Waals surface area contributed by atoms with Gasteiger partial charge in [0.05, 0.1) is 0 Å². The summed E-state index contributed by atoms with van der Waals surface area (Å²) in [4.78, 5) is 2.48. The van der Waals surface area contributed by atoms with Crippen molar-refractivity contribution in [3.63, 3.8) is 0 Å². The molecule has 0 atom stereocenters. The third-order valence-corrected chi connectivity index (χ3v) is 3.25. The Labute approximate surface area is 92.4 Å². The lowest BCUT2D eigenvalue weighted by Gasteiger charge is -2.31. The summed E-state index contributed by atoms with van der Waals surface area (Å²) in [5.41, 5.74) is 1.51. The van der Waals surface area contributed by atoms with E-state index in [9.17, 15) is 0 Å². The molecule has 1 fully saturated rings. The number of piperidine rings is 1. The normalized spacial score (nSPS) is 18.9. The van der Waals surface area contributed by atoms with Crippen LogP contribution in [0, 0.1) is 0 Å². The average molecular weight is 201 g/mol. The van der Waals surface area contributed by atoms with Crippen LogP contribution in [0.15, 0.2) is 43.0 Å². The predicted molar refractivity (Wildman–Crippen MR) is 65.1 cm³/mol. The molecule has 0 unspecified atom stereocenters. The number of hydrogen-bond acceptors (Lipinski definition) is 1. The molecule has 0 N–H and O–H groups in total. The summed E-state index contributed by atoms with van der Waals surface area (Å²) in [5.74, 6) is 0.771. The molecule has 1 aliphatic heterocycles. The molecule has 15 heavy (non-hydrogen) atoms. The molecule has 1 heterocycles. The summed E-state index contributed by atoms with van der Waals surface area (Å²) in [7, 11) is 0. The van der Waals surface area contributed by atoms with Crippen LogP contribution in [0.3, 0.4) is 0 Å². The van der Waals surface area contributed by atoms with Crippen LogP contribution in [0.4, 0.5) is 0 Å². The van der Waals surface area contributed by atoms with Gasteiger partial charge in [-0.25, -0.2) is 0 Å². The standard InChI is InChI=1S/C14H19N/c1-2-10-15-11-8-14(9-12-15)13-6-4-3-5-7-13/h2-7,14H,1,8-12H2. The van der Waals surface area contributed by atoms with Gasteiger partial charge >= 0.3 is 0 Å². The maximum Gasteiger partial charge on any atom is 0.0160 e. The fraction of sp³-hybridized carbons (Fsp3) is 0.429. The molecule has 1 aromatic carbocycles. The zero-order valence-corrected chi connectivity index (χ0v) is 9.23. The maximum atomic E-state index is 3.79. The smallest absolute Gasteiger partial charge is 0.0160 e. The quantitative estimate of drug-likeness (QED) is 0.679. The maximum absolute atomic E-state index is 3.79. The Bertz CT molecular complexity index is 296. The third-order valence-electron chi connectivity index (χ3n) is 3.25. The Balaban J connectivity index is 1.91. The number of likely N-dealkylation sites (tertiary alicyclic amines) is 1. The van der Waals surface area contributed by atoms with Crippen LogP contribution in [0.5, 0.6) is 0 Å². The number of rotatable bonds is 3. The Morgan fingerprint density at radius 2 is 1.87 bits per heavy atom. The van der Waals surface area contributed by atoms with Crippen LogP contribution in [0.1, 0.15) is 24.3 Å². The van der Waals surface area contributed by atoms with Crippen LogP contribution in [-0.4, -0.2) is 24.5 Å². The van der Waals surface area contributed by atoms with Gasteiger partial charge in [-0.3, -0.25) is 4.90 Å². The molecule has 0 saturated carbocycles. The van der Waals surface area contributed by atoms with Crippen molar-refractivity contribution < 1.29 is 0 Å². The first-order chi connectivity index (χ1) is 7.40. The van der Waals surface area contributed by atoms with E-state index >= 15 is 0 Å². The van der Waals surface area contributed by atoms with E-state index in [0.29, 0.717) is 0 Å². The number of benzene rings is 1. The highest BCUT2D eigenvalue weighted by atomic mass is 15.1. The highest BCUT2D eigenvalue weighted by Gasteiger charge is 2.19. The lowest BCUT2D eigenvalue weighted by atomic mass is 9.89. The molecule has 0 aliphatic carbocycles. The van der Waals surface area contributed by atoms with E-state index in [1.54, 1.807) is 0 Å². The van der Waals surface area contributed by atoms with Crippen LogP contribution in [0.25, 0.3) is 0 Å². The molecule has 80 valence electrons. The van der Waals surface area contributed by atoms with Gasteiger partial charge in [0.1, 0.15) is 0 Å². The predicted octanol–water partition coefficient (Wildman–Crippen LogP) is 3.05. The van der Waals surface area contributed by atoms with E-state index in [2.05, 4.69) is 41.8 Å². The SMILES string of the molecule is C=CCN1CCC(c2ccccc2)CC1. The van der Waals surface area contributed by atoms with Gasteiger partial charge in [0.2, 0.25) is 0 Å². The monoisotopic (exact) mass is 201 g/mol. The number of nitrogens with zero attached hydrogens (tertiary/aromatic N) is 1. The Kier molecular flexibility index (Phi) is 3.57. The molecule has 1 heteroatoms. The highest BCUT2D eigenvalue weighted by Crippen LogP contribution is 2.27. The Morgan fingerprint density at radius 1 is 1.20 bits per heavy atom. The fourth-order valence-corrected chi connectivity index (χ4v) is 2.36. The molecule has 1 aliphatic rings. The van der Waals surface area contributed by atoms with E-state index in [0.717, 1.165) is 12.5 Å². The summed E-state index contributed by atoms with van der Waals surface area (Å²) in [6, 6.07) is 10.9. The van der Waals surface area contributed by atoms with Crippen molar-refractivity contribution in [2.45, 2.75) is 18.8 Å². The summed E-state index contributed by atoms with van der Waals surface area (Å²) in [6.45, 7) is 7.26. The lowest BCUT2D eigenvalue weighted by Crippen LogP contribution is -2.32. The molecule has 0 bridgehead atoms. The van der Waals surface area contributed by atoms with Crippen molar-refractivity contribution >= 4 is 0 Å². The molecule has 1 aromatic rings. The topological polar surface area (TPSA) is 3.24 Å². The van der Waals surface area contributed by atoms with Gasteiger partial charge in [0, 0.05) is 6.54 Å². The lowest BCUT2D eigenvalue weighted by molar-refractivity contribution is 0.232. The zero-order valence-electron chi connectivity index (χ0n) is 9.23. The molecule has 0 spiro atoms. The van der Waals surface area contributed by atoms with Gasteiger partial charge in [-0.1, -0.05) is 36.4 Å². The van der Waals surface area contributed by atoms with Gasteiger partial charge in [-0.05, 0) is 37.4 Å². The van der Waals surface area contributed by atoms with Crippen LogP contribution >= 0.6 is 0 Å². The minimum Gasteiger partial charge on any atom is -0.300 e. The van der Waals surface area contributed by atoms with Crippen LogP contribution < -0.4 is 0 Å².